The second-order valence-electron chi connectivity index (χ2n) is 7.91. The van der Waals surface area contributed by atoms with Gasteiger partial charge in [-0.25, -0.2) is 8.78 Å². The highest BCUT2D eigenvalue weighted by atomic mass is 19.3. The number of aromatic nitrogens is 2. The van der Waals surface area contributed by atoms with E-state index in [0.29, 0.717) is 5.69 Å². The predicted octanol–water partition coefficient (Wildman–Crippen LogP) is 5.82. The first-order chi connectivity index (χ1) is 15.1. The van der Waals surface area contributed by atoms with Gasteiger partial charge in [0.2, 0.25) is 0 Å². The van der Waals surface area contributed by atoms with Gasteiger partial charge in [-0.2, -0.15) is 5.10 Å². The molecule has 0 bridgehead atoms. The second-order valence-corrected chi connectivity index (χ2v) is 7.91. The number of hydrogen-bond acceptors (Lipinski definition) is 4. The smallest absolute Gasteiger partial charge is 0.282 e. The van der Waals surface area contributed by atoms with Crippen molar-refractivity contribution >= 4 is 22.1 Å². The van der Waals surface area contributed by atoms with E-state index >= 15 is 0 Å². The molecule has 0 fully saturated rings. The summed E-state index contributed by atoms with van der Waals surface area (Å²) in [5.74, 6) is 0. The zero-order chi connectivity index (χ0) is 21.4. The van der Waals surface area contributed by atoms with Crippen molar-refractivity contribution < 1.29 is 8.78 Å². The van der Waals surface area contributed by atoms with Crippen LogP contribution in [0.4, 0.5) is 20.2 Å². The molecular formula is C25H22F2N4. The van der Waals surface area contributed by atoms with Gasteiger partial charge in [0.25, 0.3) is 6.43 Å². The Balaban J connectivity index is 1.55. The van der Waals surface area contributed by atoms with Crippen molar-refractivity contribution in [3.63, 3.8) is 0 Å². The molecular weight excluding hydrogens is 394 g/mol. The van der Waals surface area contributed by atoms with Crippen molar-refractivity contribution in [2.24, 2.45) is 0 Å². The van der Waals surface area contributed by atoms with Crippen LogP contribution in [0.15, 0.2) is 72.8 Å². The van der Waals surface area contributed by atoms with E-state index in [1.165, 1.54) is 22.4 Å². The normalized spacial score (nSPS) is 14.6. The highest BCUT2D eigenvalue weighted by molar-refractivity contribution is 5.87. The van der Waals surface area contributed by atoms with E-state index < -0.39 is 6.43 Å². The largest absolute Gasteiger partial charge is 0.340 e. The Kier molecular flexibility index (Phi) is 5.08. The topological polar surface area (TPSA) is 32.3 Å². The maximum Gasteiger partial charge on any atom is 0.282 e. The minimum atomic E-state index is -2.61. The van der Waals surface area contributed by atoms with Gasteiger partial charge in [-0.15, -0.1) is 5.10 Å². The summed E-state index contributed by atoms with van der Waals surface area (Å²) in [5.41, 5.74) is 4.65. The lowest BCUT2D eigenvalue weighted by Gasteiger charge is -2.25. The number of alkyl halides is 2. The zero-order valence-corrected chi connectivity index (χ0v) is 17.2. The van der Waals surface area contributed by atoms with Crippen molar-refractivity contribution in [1.82, 2.24) is 15.1 Å². The van der Waals surface area contributed by atoms with Crippen LogP contribution in [0.25, 0.3) is 22.0 Å². The van der Waals surface area contributed by atoms with Gasteiger partial charge in [-0.05, 0) is 59.8 Å². The number of likely N-dealkylation sites (N-methyl/N-ethyl adjacent to an activating group) is 1. The SMILES string of the molecule is CN1CCN(c2ccc3ccccc3c2)c2ccc(-c3ccc(C(F)F)nn3)cc2C1. The Hall–Kier alpha value is -3.38. The first-order valence-corrected chi connectivity index (χ1v) is 10.3. The Morgan fingerprint density at radius 2 is 1.68 bits per heavy atom. The van der Waals surface area contributed by atoms with Crippen molar-refractivity contribution in [2.45, 2.75) is 13.0 Å². The lowest BCUT2D eigenvalue weighted by atomic mass is 10.0. The minimum Gasteiger partial charge on any atom is -0.340 e. The standard InChI is InChI=1S/C25H22F2N4/c1-30-12-13-31(21-8-6-17-4-2-3-5-18(17)15-21)24-11-7-19(14-20(24)16-30)22-9-10-23(25(26)27)29-28-22/h2-11,14-15,25H,12-13,16H2,1H3. The fourth-order valence-corrected chi connectivity index (χ4v) is 4.12. The molecule has 0 unspecified atom stereocenters. The van der Waals surface area contributed by atoms with Crippen LogP contribution >= 0.6 is 0 Å². The number of fused-ring (bicyclic) bond motifs is 2. The van der Waals surface area contributed by atoms with Crippen molar-refractivity contribution in [3.8, 4) is 11.3 Å². The molecule has 4 aromatic rings. The van der Waals surface area contributed by atoms with Crippen LogP contribution in [-0.4, -0.2) is 35.2 Å². The second kappa shape index (κ2) is 8.04. The summed E-state index contributed by atoms with van der Waals surface area (Å²) in [6.07, 6.45) is -2.61. The lowest BCUT2D eigenvalue weighted by Crippen LogP contribution is -2.26. The Morgan fingerprint density at radius 1 is 0.839 bits per heavy atom. The van der Waals surface area contributed by atoms with E-state index in [0.717, 1.165) is 36.6 Å². The van der Waals surface area contributed by atoms with Gasteiger partial charge < -0.3 is 9.80 Å². The molecule has 0 spiro atoms. The first-order valence-electron chi connectivity index (χ1n) is 10.3. The molecule has 0 amide bonds. The van der Waals surface area contributed by atoms with Gasteiger partial charge >= 0.3 is 0 Å². The highest BCUT2D eigenvalue weighted by Crippen LogP contribution is 2.35. The van der Waals surface area contributed by atoms with Crippen LogP contribution < -0.4 is 4.90 Å². The summed E-state index contributed by atoms with van der Waals surface area (Å²) < 4.78 is 25.6. The van der Waals surface area contributed by atoms with Gasteiger partial charge in [0.05, 0.1) is 5.69 Å². The molecule has 1 aromatic heterocycles. The van der Waals surface area contributed by atoms with Gasteiger partial charge in [0.1, 0.15) is 5.69 Å². The van der Waals surface area contributed by atoms with Crippen LogP contribution in [0.5, 0.6) is 0 Å². The summed E-state index contributed by atoms with van der Waals surface area (Å²) in [6.45, 7) is 2.61. The molecule has 4 nitrogen and oxygen atoms in total. The van der Waals surface area contributed by atoms with Gasteiger partial charge in [-0.3, -0.25) is 0 Å². The van der Waals surface area contributed by atoms with E-state index in [2.05, 4.69) is 81.6 Å². The third kappa shape index (κ3) is 3.86. The van der Waals surface area contributed by atoms with Gasteiger partial charge in [-0.1, -0.05) is 36.4 Å². The van der Waals surface area contributed by atoms with Crippen LogP contribution in [0.3, 0.4) is 0 Å². The number of rotatable bonds is 3. The molecule has 1 aliphatic rings. The molecule has 0 saturated heterocycles. The summed E-state index contributed by atoms with van der Waals surface area (Å²) in [6, 6.07) is 24.1. The molecule has 156 valence electrons. The summed E-state index contributed by atoms with van der Waals surface area (Å²) in [5, 5.41) is 10.1. The number of hydrogen-bond donors (Lipinski definition) is 0. The van der Waals surface area contributed by atoms with Crippen LogP contribution in [0.1, 0.15) is 17.7 Å². The fraction of sp³-hybridized carbons (Fsp3) is 0.200. The average molecular weight is 416 g/mol. The molecule has 6 heteroatoms. The van der Waals surface area contributed by atoms with Crippen LogP contribution in [0.2, 0.25) is 0 Å². The fourth-order valence-electron chi connectivity index (χ4n) is 4.12. The minimum absolute atomic E-state index is 0.305. The maximum absolute atomic E-state index is 12.8. The molecule has 31 heavy (non-hydrogen) atoms. The highest BCUT2D eigenvalue weighted by Gasteiger charge is 2.20. The number of benzene rings is 3. The molecule has 1 aliphatic heterocycles. The predicted molar refractivity (Wildman–Crippen MR) is 120 cm³/mol. The molecule has 5 rings (SSSR count). The van der Waals surface area contributed by atoms with Crippen molar-refractivity contribution in [2.75, 3.05) is 25.0 Å². The molecule has 0 saturated carbocycles. The Bertz CT molecular complexity index is 1220. The molecule has 0 N–H and O–H groups in total. The van der Waals surface area contributed by atoms with Gasteiger partial charge in [0.15, 0.2) is 0 Å². The Morgan fingerprint density at radius 3 is 2.45 bits per heavy atom. The molecule has 0 aliphatic carbocycles. The van der Waals surface area contributed by atoms with Crippen LogP contribution in [0, 0.1) is 0 Å². The average Bonchev–Trinajstić information content (AvgIpc) is 2.96. The summed E-state index contributed by atoms with van der Waals surface area (Å²) in [4.78, 5) is 4.63. The number of nitrogens with zero attached hydrogens (tertiary/aromatic N) is 4. The van der Waals surface area contributed by atoms with Crippen molar-refractivity contribution in [1.29, 1.82) is 0 Å². The summed E-state index contributed by atoms with van der Waals surface area (Å²) >= 11 is 0. The van der Waals surface area contributed by atoms with E-state index in [9.17, 15) is 8.78 Å². The van der Waals surface area contributed by atoms with E-state index in [1.807, 2.05) is 6.07 Å². The first kappa shape index (κ1) is 19.6. The molecule has 3 aromatic carbocycles. The maximum atomic E-state index is 12.8. The monoisotopic (exact) mass is 416 g/mol. The van der Waals surface area contributed by atoms with Gasteiger partial charge in [0, 0.05) is 36.6 Å². The third-order valence-corrected chi connectivity index (χ3v) is 5.77. The van der Waals surface area contributed by atoms with E-state index in [1.54, 1.807) is 6.07 Å². The quantitative estimate of drug-likeness (QED) is 0.421. The molecule has 2 heterocycles. The van der Waals surface area contributed by atoms with E-state index in [4.69, 9.17) is 0 Å². The number of halogens is 2. The number of anilines is 2. The van der Waals surface area contributed by atoms with E-state index in [-0.39, 0.29) is 5.69 Å². The van der Waals surface area contributed by atoms with Crippen molar-refractivity contribution in [3.05, 3.63) is 84.1 Å². The molecule has 0 radical (unpaired) electrons. The van der Waals surface area contributed by atoms with Crippen LogP contribution in [-0.2, 0) is 6.54 Å². The summed E-state index contributed by atoms with van der Waals surface area (Å²) in [7, 11) is 2.11. The Labute approximate surface area is 179 Å². The zero-order valence-electron chi connectivity index (χ0n) is 17.2. The molecule has 0 atom stereocenters. The third-order valence-electron chi connectivity index (χ3n) is 5.77. The lowest BCUT2D eigenvalue weighted by molar-refractivity contribution is 0.145.